The molecule has 5 heteroatoms. The van der Waals surface area contributed by atoms with Crippen LogP contribution in [-0.2, 0) is 0 Å². The van der Waals surface area contributed by atoms with Gasteiger partial charge in [0.1, 0.15) is 11.5 Å². The number of hydrogen-bond donors (Lipinski definition) is 0. The van der Waals surface area contributed by atoms with Crippen LogP contribution in [0.5, 0.6) is 0 Å². The molecule has 104 valence electrons. The molecule has 1 atom stereocenters. The van der Waals surface area contributed by atoms with E-state index in [1.54, 1.807) is 18.5 Å². The third kappa shape index (κ3) is 2.88. The number of furan rings is 1. The molecule has 1 aliphatic rings. The molecule has 20 heavy (non-hydrogen) atoms. The van der Waals surface area contributed by atoms with Gasteiger partial charge in [-0.05, 0) is 30.7 Å². The van der Waals surface area contributed by atoms with Gasteiger partial charge in [-0.1, -0.05) is 6.07 Å². The summed E-state index contributed by atoms with van der Waals surface area (Å²) in [6.45, 7) is 1.51. The Labute approximate surface area is 122 Å². The lowest BCUT2D eigenvalue weighted by Gasteiger charge is -2.19. The second kappa shape index (κ2) is 6.13. The molecule has 1 aliphatic heterocycles. The number of aromatic nitrogens is 1. The minimum atomic E-state index is 0.0197. The minimum Gasteiger partial charge on any atom is -0.468 e. The van der Waals surface area contributed by atoms with Crippen molar-refractivity contribution in [2.24, 2.45) is 0 Å². The fourth-order valence-electron chi connectivity index (χ4n) is 2.33. The van der Waals surface area contributed by atoms with E-state index in [-0.39, 0.29) is 5.91 Å². The highest BCUT2D eigenvalue weighted by Crippen LogP contribution is 2.34. The summed E-state index contributed by atoms with van der Waals surface area (Å²) in [6, 6.07) is 9.36. The number of carbonyl (C=O) groups is 1. The number of rotatable bonds is 2. The quantitative estimate of drug-likeness (QED) is 0.852. The molecular formula is C15H16N2O2S. The normalized spacial score (nSPS) is 19.6. The fourth-order valence-corrected chi connectivity index (χ4v) is 3.51. The SMILES string of the molecule is O=C(c1ccccn1)N1CCSC(c2ccco2)CC1. The highest BCUT2D eigenvalue weighted by atomic mass is 32.2. The first-order chi connectivity index (χ1) is 9.84. The summed E-state index contributed by atoms with van der Waals surface area (Å²) < 4.78 is 5.47. The summed E-state index contributed by atoms with van der Waals surface area (Å²) in [7, 11) is 0. The van der Waals surface area contributed by atoms with Crippen molar-refractivity contribution >= 4 is 17.7 Å². The smallest absolute Gasteiger partial charge is 0.272 e. The topological polar surface area (TPSA) is 46.3 Å². The van der Waals surface area contributed by atoms with Crippen LogP contribution < -0.4 is 0 Å². The molecule has 2 aromatic heterocycles. The van der Waals surface area contributed by atoms with Crippen LogP contribution in [0.3, 0.4) is 0 Å². The zero-order valence-electron chi connectivity index (χ0n) is 11.1. The van der Waals surface area contributed by atoms with Crippen molar-refractivity contribution in [3.05, 3.63) is 54.2 Å². The van der Waals surface area contributed by atoms with E-state index in [0.29, 0.717) is 10.9 Å². The number of nitrogens with zero attached hydrogens (tertiary/aromatic N) is 2. The lowest BCUT2D eigenvalue weighted by molar-refractivity contribution is 0.0760. The predicted molar refractivity (Wildman–Crippen MR) is 78.7 cm³/mol. The Morgan fingerprint density at radius 3 is 3.00 bits per heavy atom. The van der Waals surface area contributed by atoms with Crippen molar-refractivity contribution in [1.82, 2.24) is 9.88 Å². The van der Waals surface area contributed by atoms with Crippen LogP contribution in [0, 0.1) is 0 Å². The Balaban J connectivity index is 1.67. The van der Waals surface area contributed by atoms with Gasteiger partial charge in [-0.25, -0.2) is 0 Å². The number of carbonyl (C=O) groups excluding carboxylic acids is 1. The fraction of sp³-hybridized carbons (Fsp3) is 0.333. The molecule has 1 fully saturated rings. The van der Waals surface area contributed by atoms with Crippen LogP contribution in [0.1, 0.15) is 27.9 Å². The summed E-state index contributed by atoms with van der Waals surface area (Å²) >= 11 is 1.85. The van der Waals surface area contributed by atoms with Crippen molar-refractivity contribution in [2.45, 2.75) is 11.7 Å². The third-order valence-corrected chi connectivity index (χ3v) is 4.66. The van der Waals surface area contributed by atoms with Gasteiger partial charge in [-0.15, -0.1) is 11.8 Å². The first-order valence-electron chi connectivity index (χ1n) is 6.70. The highest BCUT2D eigenvalue weighted by Gasteiger charge is 2.24. The first kappa shape index (κ1) is 13.2. The Morgan fingerprint density at radius 1 is 1.30 bits per heavy atom. The molecule has 4 nitrogen and oxygen atoms in total. The average molecular weight is 288 g/mol. The van der Waals surface area contributed by atoms with Crippen LogP contribution in [0.25, 0.3) is 0 Å². The molecule has 0 aliphatic carbocycles. The predicted octanol–water partition coefficient (Wildman–Crippen LogP) is 3.00. The minimum absolute atomic E-state index is 0.0197. The van der Waals surface area contributed by atoms with Gasteiger partial charge in [0.2, 0.25) is 0 Å². The van der Waals surface area contributed by atoms with Gasteiger partial charge in [0.15, 0.2) is 0 Å². The molecule has 0 saturated carbocycles. The Morgan fingerprint density at radius 2 is 2.25 bits per heavy atom. The molecule has 0 N–H and O–H groups in total. The summed E-state index contributed by atoms with van der Waals surface area (Å²) in [6.07, 6.45) is 4.28. The molecule has 0 bridgehead atoms. The van der Waals surface area contributed by atoms with Crippen molar-refractivity contribution in [2.75, 3.05) is 18.8 Å². The lowest BCUT2D eigenvalue weighted by atomic mass is 10.2. The van der Waals surface area contributed by atoms with Crippen LogP contribution in [0.15, 0.2) is 47.2 Å². The average Bonchev–Trinajstić information content (AvgIpc) is 2.92. The van der Waals surface area contributed by atoms with E-state index in [2.05, 4.69) is 4.98 Å². The standard InChI is InChI=1S/C15H16N2O2S/c18-15(12-4-1-2-7-16-12)17-8-6-14(20-11-9-17)13-5-3-10-19-13/h1-5,7,10,14H,6,8-9,11H2. The largest absolute Gasteiger partial charge is 0.468 e. The molecule has 1 amide bonds. The van der Waals surface area contributed by atoms with Crippen molar-refractivity contribution < 1.29 is 9.21 Å². The number of amides is 1. The van der Waals surface area contributed by atoms with Crippen LogP contribution in [-0.4, -0.2) is 34.6 Å². The molecule has 3 heterocycles. The molecular weight excluding hydrogens is 272 g/mol. The third-order valence-electron chi connectivity index (χ3n) is 3.37. The van der Waals surface area contributed by atoms with E-state index < -0.39 is 0 Å². The van der Waals surface area contributed by atoms with Gasteiger partial charge in [0.05, 0.1) is 11.5 Å². The maximum atomic E-state index is 12.4. The van der Waals surface area contributed by atoms with Gasteiger partial charge in [0.25, 0.3) is 5.91 Å². The zero-order chi connectivity index (χ0) is 13.8. The van der Waals surface area contributed by atoms with Gasteiger partial charge < -0.3 is 9.32 Å². The number of thioether (sulfide) groups is 1. The van der Waals surface area contributed by atoms with Crippen LogP contribution in [0.2, 0.25) is 0 Å². The van der Waals surface area contributed by atoms with Crippen molar-refractivity contribution in [3.63, 3.8) is 0 Å². The van der Waals surface area contributed by atoms with Crippen molar-refractivity contribution in [3.8, 4) is 0 Å². The summed E-state index contributed by atoms with van der Waals surface area (Å²) in [4.78, 5) is 18.4. The van der Waals surface area contributed by atoms with Gasteiger partial charge in [0, 0.05) is 25.0 Å². The Kier molecular flexibility index (Phi) is 4.06. The Hall–Kier alpha value is -1.75. The van der Waals surface area contributed by atoms with Crippen LogP contribution in [0.4, 0.5) is 0 Å². The summed E-state index contributed by atoms with van der Waals surface area (Å²) in [5.41, 5.74) is 0.522. The first-order valence-corrected chi connectivity index (χ1v) is 7.75. The molecule has 1 saturated heterocycles. The Bertz CT molecular complexity index is 557. The molecule has 0 aromatic carbocycles. The second-order valence-corrected chi connectivity index (χ2v) is 5.98. The number of hydrogen-bond acceptors (Lipinski definition) is 4. The van der Waals surface area contributed by atoms with E-state index in [1.165, 1.54) is 0 Å². The van der Waals surface area contributed by atoms with Gasteiger partial charge in [-0.3, -0.25) is 9.78 Å². The van der Waals surface area contributed by atoms with E-state index in [4.69, 9.17) is 4.42 Å². The molecule has 0 radical (unpaired) electrons. The maximum Gasteiger partial charge on any atom is 0.272 e. The molecule has 2 aromatic rings. The number of pyridine rings is 1. The van der Waals surface area contributed by atoms with E-state index in [0.717, 1.165) is 31.0 Å². The van der Waals surface area contributed by atoms with Crippen LogP contribution >= 0.6 is 11.8 Å². The summed E-state index contributed by atoms with van der Waals surface area (Å²) in [5.74, 6) is 1.94. The summed E-state index contributed by atoms with van der Waals surface area (Å²) in [5, 5.41) is 0.339. The second-order valence-electron chi connectivity index (χ2n) is 4.67. The maximum absolute atomic E-state index is 12.4. The van der Waals surface area contributed by atoms with E-state index in [1.807, 2.05) is 40.9 Å². The molecule has 3 rings (SSSR count). The monoisotopic (exact) mass is 288 g/mol. The van der Waals surface area contributed by atoms with E-state index >= 15 is 0 Å². The zero-order valence-corrected chi connectivity index (χ0v) is 11.9. The van der Waals surface area contributed by atoms with Gasteiger partial charge >= 0.3 is 0 Å². The van der Waals surface area contributed by atoms with E-state index in [9.17, 15) is 4.79 Å². The lowest BCUT2D eigenvalue weighted by Crippen LogP contribution is -2.33. The van der Waals surface area contributed by atoms with Crippen molar-refractivity contribution in [1.29, 1.82) is 0 Å². The molecule has 0 spiro atoms. The highest BCUT2D eigenvalue weighted by molar-refractivity contribution is 7.99. The molecule has 1 unspecified atom stereocenters. The van der Waals surface area contributed by atoms with Gasteiger partial charge in [-0.2, -0.15) is 0 Å².